The van der Waals surface area contributed by atoms with Crippen LogP contribution in [0.4, 0.5) is 0 Å². The molecule has 0 heterocycles. The number of allylic oxidation sites excluding steroid dienone is 4. The fourth-order valence-corrected chi connectivity index (χ4v) is 2.40. The van der Waals surface area contributed by atoms with Crippen molar-refractivity contribution in [1.29, 1.82) is 0 Å². The molecule has 3 nitrogen and oxygen atoms in total. The first kappa shape index (κ1) is 12.6. The molecule has 0 saturated heterocycles. The van der Waals surface area contributed by atoms with Crippen LogP contribution in [0, 0.1) is 0 Å². The smallest absolute Gasteiger partial charge is 0.320 e. The Labute approximate surface area is 107 Å². The van der Waals surface area contributed by atoms with Crippen LogP contribution in [0.5, 0.6) is 0 Å². The second kappa shape index (κ2) is 5.19. The Morgan fingerprint density at radius 3 is 2.61 bits per heavy atom. The highest BCUT2D eigenvalue weighted by Crippen LogP contribution is 2.36. The van der Waals surface area contributed by atoms with Crippen molar-refractivity contribution >= 4 is 5.97 Å². The Hall–Kier alpha value is -1.87. The van der Waals surface area contributed by atoms with Crippen molar-refractivity contribution in [3.05, 3.63) is 60.2 Å². The molecular weight excluding hydrogens is 226 g/mol. The van der Waals surface area contributed by atoms with Crippen LogP contribution in [-0.4, -0.2) is 17.1 Å². The highest BCUT2D eigenvalue weighted by molar-refractivity contribution is 5.73. The summed E-state index contributed by atoms with van der Waals surface area (Å²) < 4.78 is 0. The van der Waals surface area contributed by atoms with Gasteiger partial charge in [-0.2, -0.15) is 0 Å². The third kappa shape index (κ3) is 2.51. The Balaban J connectivity index is 2.33. The molecule has 0 fully saturated rings. The Morgan fingerprint density at radius 1 is 1.33 bits per heavy atom. The minimum Gasteiger partial charge on any atom is -0.480 e. The van der Waals surface area contributed by atoms with Crippen LogP contribution in [-0.2, 0) is 10.2 Å². The molecule has 1 aromatic carbocycles. The van der Waals surface area contributed by atoms with Crippen LogP contribution in [0.2, 0.25) is 0 Å². The van der Waals surface area contributed by atoms with Crippen LogP contribution in [0.25, 0.3) is 0 Å². The third-order valence-corrected chi connectivity index (χ3v) is 3.39. The van der Waals surface area contributed by atoms with E-state index in [-0.39, 0.29) is 5.41 Å². The summed E-state index contributed by atoms with van der Waals surface area (Å²) in [7, 11) is 0. The van der Waals surface area contributed by atoms with E-state index in [4.69, 9.17) is 10.8 Å². The summed E-state index contributed by atoms with van der Waals surface area (Å²) in [5.74, 6) is -0.951. The van der Waals surface area contributed by atoms with Gasteiger partial charge in [0.2, 0.25) is 0 Å². The fourth-order valence-electron chi connectivity index (χ4n) is 2.40. The van der Waals surface area contributed by atoms with E-state index in [0.29, 0.717) is 6.42 Å². The minimum absolute atomic E-state index is 0.298. The molecular formula is C15H17NO2. The Morgan fingerprint density at radius 2 is 2.06 bits per heavy atom. The molecule has 0 radical (unpaired) electrons. The van der Waals surface area contributed by atoms with Gasteiger partial charge in [-0.15, -0.1) is 0 Å². The lowest BCUT2D eigenvalue weighted by Gasteiger charge is -2.33. The molecule has 3 N–H and O–H groups in total. The van der Waals surface area contributed by atoms with Gasteiger partial charge in [0.25, 0.3) is 0 Å². The fraction of sp³-hybridized carbons (Fsp3) is 0.267. The first-order valence-electron chi connectivity index (χ1n) is 6.02. The van der Waals surface area contributed by atoms with Crippen molar-refractivity contribution in [2.45, 2.75) is 24.3 Å². The van der Waals surface area contributed by atoms with Crippen LogP contribution < -0.4 is 5.73 Å². The zero-order valence-corrected chi connectivity index (χ0v) is 10.1. The largest absolute Gasteiger partial charge is 0.480 e. The van der Waals surface area contributed by atoms with Crippen molar-refractivity contribution in [2.24, 2.45) is 5.73 Å². The quantitative estimate of drug-likeness (QED) is 0.852. The van der Waals surface area contributed by atoms with E-state index in [0.717, 1.165) is 12.0 Å². The third-order valence-electron chi connectivity index (χ3n) is 3.39. The van der Waals surface area contributed by atoms with Gasteiger partial charge < -0.3 is 10.8 Å². The van der Waals surface area contributed by atoms with Gasteiger partial charge in [0.15, 0.2) is 0 Å². The molecule has 0 bridgehead atoms. The van der Waals surface area contributed by atoms with E-state index in [9.17, 15) is 4.79 Å². The van der Waals surface area contributed by atoms with E-state index < -0.39 is 12.0 Å². The predicted molar refractivity (Wildman–Crippen MR) is 71.2 cm³/mol. The average molecular weight is 243 g/mol. The maximum absolute atomic E-state index is 11.0. The number of nitrogens with two attached hydrogens (primary N) is 1. The van der Waals surface area contributed by atoms with E-state index in [1.54, 1.807) is 0 Å². The summed E-state index contributed by atoms with van der Waals surface area (Å²) in [5.41, 5.74) is 6.53. The molecule has 0 amide bonds. The topological polar surface area (TPSA) is 63.3 Å². The SMILES string of the molecule is NC(CC1(c2ccccc2)C=CC=CC1)C(=O)O. The maximum atomic E-state index is 11.0. The summed E-state index contributed by atoms with van der Waals surface area (Å²) in [6.07, 6.45) is 9.26. The van der Waals surface area contributed by atoms with Gasteiger partial charge in [0.1, 0.15) is 6.04 Å². The molecule has 0 saturated carbocycles. The van der Waals surface area contributed by atoms with E-state index in [2.05, 4.69) is 12.2 Å². The minimum atomic E-state index is -0.951. The molecule has 3 heteroatoms. The van der Waals surface area contributed by atoms with Gasteiger partial charge in [-0.1, -0.05) is 54.6 Å². The van der Waals surface area contributed by atoms with Gasteiger partial charge >= 0.3 is 5.97 Å². The molecule has 1 aliphatic rings. The monoisotopic (exact) mass is 243 g/mol. The van der Waals surface area contributed by atoms with E-state index in [1.165, 1.54) is 0 Å². The number of rotatable bonds is 4. The maximum Gasteiger partial charge on any atom is 0.320 e. The van der Waals surface area contributed by atoms with Crippen molar-refractivity contribution in [2.75, 3.05) is 0 Å². The lowest BCUT2D eigenvalue weighted by Crippen LogP contribution is -2.39. The summed E-state index contributed by atoms with van der Waals surface area (Å²) in [6, 6.07) is 9.10. The highest BCUT2D eigenvalue weighted by atomic mass is 16.4. The van der Waals surface area contributed by atoms with Gasteiger partial charge in [0, 0.05) is 5.41 Å². The van der Waals surface area contributed by atoms with Gasteiger partial charge in [-0.25, -0.2) is 0 Å². The Bertz CT molecular complexity index is 479. The Kier molecular flexibility index (Phi) is 3.63. The number of aliphatic carboxylic acids is 1. The molecule has 18 heavy (non-hydrogen) atoms. The van der Waals surface area contributed by atoms with Crippen LogP contribution in [0.15, 0.2) is 54.6 Å². The molecule has 2 rings (SSSR count). The lowest BCUT2D eigenvalue weighted by atomic mass is 9.71. The number of hydrogen-bond donors (Lipinski definition) is 2. The van der Waals surface area contributed by atoms with E-state index in [1.807, 2.05) is 42.5 Å². The predicted octanol–water partition coefficient (Wildman–Crippen LogP) is 2.24. The van der Waals surface area contributed by atoms with Crippen LogP contribution >= 0.6 is 0 Å². The first-order chi connectivity index (χ1) is 8.64. The summed E-state index contributed by atoms with van der Waals surface area (Å²) >= 11 is 0. The number of carboxylic acid groups (broad SMARTS) is 1. The number of hydrogen-bond acceptors (Lipinski definition) is 2. The normalized spacial score (nSPS) is 23.8. The second-order valence-electron chi connectivity index (χ2n) is 4.66. The standard InChI is InChI=1S/C15H17NO2/c16-13(14(17)18)11-15(9-5-2-6-10-15)12-7-3-1-4-8-12/h1-9,13H,10-11,16H2,(H,17,18). The zero-order chi connectivity index (χ0) is 13.0. The molecule has 1 aromatic rings. The molecule has 2 atom stereocenters. The summed E-state index contributed by atoms with van der Waals surface area (Å²) in [5, 5.41) is 9.01. The van der Waals surface area contributed by atoms with Gasteiger partial charge in [-0.05, 0) is 18.4 Å². The molecule has 2 unspecified atom stereocenters. The second-order valence-corrected chi connectivity index (χ2v) is 4.66. The van der Waals surface area contributed by atoms with Gasteiger partial charge in [0.05, 0.1) is 0 Å². The number of carboxylic acids is 1. The lowest BCUT2D eigenvalue weighted by molar-refractivity contribution is -0.139. The molecule has 0 spiro atoms. The highest BCUT2D eigenvalue weighted by Gasteiger charge is 2.33. The molecule has 0 aromatic heterocycles. The number of carbonyl (C=O) groups is 1. The molecule has 0 aliphatic heterocycles. The average Bonchev–Trinajstić information content (AvgIpc) is 2.40. The molecule has 1 aliphatic carbocycles. The van der Waals surface area contributed by atoms with Crippen LogP contribution in [0.3, 0.4) is 0 Å². The number of benzene rings is 1. The zero-order valence-electron chi connectivity index (χ0n) is 10.1. The van der Waals surface area contributed by atoms with E-state index >= 15 is 0 Å². The van der Waals surface area contributed by atoms with Crippen molar-refractivity contribution in [3.63, 3.8) is 0 Å². The first-order valence-corrected chi connectivity index (χ1v) is 6.02. The van der Waals surface area contributed by atoms with Crippen LogP contribution in [0.1, 0.15) is 18.4 Å². The molecule has 94 valence electrons. The van der Waals surface area contributed by atoms with Crippen molar-refractivity contribution < 1.29 is 9.90 Å². The van der Waals surface area contributed by atoms with Gasteiger partial charge in [-0.3, -0.25) is 4.79 Å². The van der Waals surface area contributed by atoms with Crippen molar-refractivity contribution in [1.82, 2.24) is 0 Å². The summed E-state index contributed by atoms with van der Waals surface area (Å²) in [6.45, 7) is 0. The van der Waals surface area contributed by atoms with Crippen molar-refractivity contribution in [3.8, 4) is 0 Å². The summed E-state index contributed by atoms with van der Waals surface area (Å²) in [4.78, 5) is 11.0.